The van der Waals surface area contributed by atoms with Gasteiger partial charge in [0.2, 0.25) is 0 Å². The summed E-state index contributed by atoms with van der Waals surface area (Å²) in [6.45, 7) is 2.51. The predicted octanol–water partition coefficient (Wildman–Crippen LogP) is -0.0187. The second-order valence-electron chi connectivity index (χ2n) is 2.88. The van der Waals surface area contributed by atoms with E-state index in [1.54, 1.807) is 10.9 Å². The van der Waals surface area contributed by atoms with Crippen LogP contribution in [-0.2, 0) is 7.05 Å². The molecule has 0 aliphatic carbocycles. The van der Waals surface area contributed by atoms with Crippen molar-refractivity contribution in [3.63, 3.8) is 0 Å². The number of aliphatic hydroxyl groups excluding tert-OH is 1. The van der Waals surface area contributed by atoms with Crippen LogP contribution in [0.4, 0.5) is 0 Å². The van der Waals surface area contributed by atoms with Gasteiger partial charge in [-0.3, -0.25) is 4.68 Å². The third-order valence-electron chi connectivity index (χ3n) is 2.03. The summed E-state index contributed by atoms with van der Waals surface area (Å²) in [6, 6.07) is 0. The van der Waals surface area contributed by atoms with Crippen molar-refractivity contribution in [2.75, 3.05) is 13.6 Å². The minimum atomic E-state index is -0.455. The van der Waals surface area contributed by atoms with Gasteiger partial charge in [-0.2, -0.15) is 5.10 Å². The van der Waals surface area contributed by atoms with Crippen LogP contribution in [0.3, 0.4) is 0 Å². The van der Waals surface area contributed by atoms with Crippen molar-refractivity contribution in [3.8, 4) is 0 Å². The topological polar surface area (TPSA) is 50.1 Å². The molecule has 1 aromatic heterocycles. The number of likely N-dealkylation sites (N-methyl/N-ethyl adjacent to an activating group) is 1. The van der Waals surface area contributed by atoms with Crippen LogP contribution in [0.15, 0.2) is 6.20 Å². The molecular formula is C8H15N3O. The molecule has 2 N–H and O–H groups in total. The average molecular weight is 169 g/mol. The minimum absolute atomic E-state index is 0.455. The third-order valence-corrected chi connectivity index (χ3v) is 2.03. The van der Waals surface area contributed by atoms with Crippen LogP contribution >= 0.6 is 0 Å². The molecule has 4 heteroatoms. The van der Waals surface area contributed by atoms with Crippen molar-refractivity contribution < 1.29 is 5.11 Å². The van der Waals surface area contributed by atoms with Gasteiger partial charge in [0, 0.05) is 24.8 Å². The molecule has 0 spiro atoms. The van der Waals surface area contributed by atoms with Gasteiger partial charge in [0.15, 0.2) is 0 Å². The number of rotatable bonds is 3. The average Bonchev–Trinajstić information content (AvgIpc) is 2.34. The Morgan fingerprint density at radius 3 is 2.83 bits per heavy atom. The first kappa shape index (κ1) is 9.22. The normalized spacial score (nSPS) is 13.3. The molecule has 4 nitrogen and oxygen atoms in total. The van der Waals surface area contributed by atoms with Gasteiger partial charge in [0.25, 0.3) is 0 Å². The van der Waals surface area contributed by atoms with E-state index in [0.29, 0.717) is 6.54 Å². The molecule has 0 aliphatic rings. The fourth-order valence-corrected chi connectivity index (χ4v) is 1.15. The molecule has 1 aromatic rings. The molecule has 0 bridgehead atoms. The van der Waals surface area contributed by atoms with Gasteiger partial charge in [-0.1, -0.05) is 0 Å². The maximum atomic E-state index is 9.60. The Morgan fingerprint density at radius 2 is 2.42 bits per heavy atom. The summed E-state index contributed by atoms with van der Waals surface area (Å²) in [5.41, 5.74) is 1.91. The third kappa shape index (κ3) is 1.65. The van der Waals surface area contributed by atoms with E-state index in [0.717, 1.165) is 11.3 Å². The molecule has 0 aromatic carbocycles. The highest BCUT2D eigenvalue weighted by Gasteiger charge is 2.11. The molecule has 0 saturated heterocycles. The molecule has 12 heavy (non-hydrogen) atoms. The lowest BCUT2D eigenvalue weighted by molar-refractivity contribution is 0.177. The Bertz CT molecular complexity index is 257. The number of nitrogens with zero attached hydrogens (tertiary/aromatic N) is 2. The molecule has 1 unspecified atom stereocenters. The maximum absolute atomic E-state index is 9.60. The summed E-state index contributed by atoms with van der Waals surface area (Å²) < 4.78 is 1.76. The van der Waals surface area contributed by atoms with Crippen molar-refractivity contribution in [1.29, 1.82) is 0 Å². The number of aryl methyl sites for hydroxylation is 1. The summed E-state index contributed by atoms with van der Waals surface area (Å²) in [6.07, 6.45) is 1.25. The fraction of sp³-hybridized carbons (Fsp3) is 0.625. The van der Waals surface area contributed by atoms with E-state index in [1.807, 2.05) is 21.0 Å². The van der Waals surface area contributed by atoms with E-state index < -0.39 is 6.10 Å². The molecule has 0 fully saturated rings. The Hall–Kier alpha value is -0.870. The largest absolute Gasteiger partial charge is 0.387 e. The van der Waals surface area contributed by atoms with Gasteiger partial charge < -0.3 is 10.4 Å². The lowest BCUT2D eigenvalue weighted by Crippen LogP contribution is -2.17. The molecule has 1 rings (SSSR count). The summed E-state index contributed by atoms with van der Waals surface area (Å²) in [4.78, 5) is 0. The lowest BCUT2D eigenvalue weighted by Gasteiger charge is -2.08. The second kappa shape index (κ2) is 3.69. The quantitative estimate of drug-likeness (QED) is 0.668. The Labute approximate surface area is 72.2 Å². The van der Waals surface area contributed by atoms with E-state index in [-0.39, 0.29) is 0 Å². The van der Waals surface area contributed by atoms with Crippen molar-refractivity contribution in [3.05, 3.63) is 17.5 Å². The van der Waals surface area contributed by atoms with Crippen LogP contribution in [0, 0.1) is 6.92 Å². The lowest BCUT2D eigenvalue weighted by atomic mass is 10.1. The number of aromatic nitrogens is 2. The monoisotopic (exact) mass is 169 g/mol. The molecule has 68 valence electrons. The molecule has 1 atom stereocenters. The van der Waals surface area contributed by atoms with Gasteiger partial charge in [-0.25, -0.2) is 0 Å². The Balaban J connectivity index is 2.80. The zero-order valence-electron chi connectivity index (χ0n) is 7.70. The highest BCUT2D eigenvalue weighted by Crippen LogP contribution is 2.14. The Kier molecular flexibility index (Phi) is 2.83. The molecule has 1 heterocycles. The highest BCUT2D eigenvalue weighted by atomic mass is 16.3. The van der Waals surface area contributed by atoms with E-state index in [2.05, 4.69) is 10.4 Å². The van der Waals surface area contributed by atoms with E-state index in [1.165, 1.54) is 0 Å². The second-order valence-corrected chi connectivity index (χ2v) is 2.88. The summed E-state index contributed by atoms with van der Waals surface area (Å²) in [7, 11) is 3.68. The zero-order chi connectivity index (χ0) is 9.14. The summed E-state index contributed by atoms with van der Waals surface area (Å²) in [5.74, 6) is 0. The van der Waals surface area contributed by atoms with E-state index in [4.69, 9.17) is 0 Å². The highest BCUT2D eigenvalue weighted by molar-refractivity contribution is 5.18. The number of nitrogens with one attached hydrogen (secondary N) is 1. The zero-order valence-corrected chi connectivity index (χ0v) is 7.70. The Morgan fingerprint density at radius 1 is 1.75 bits per heavy atom. The first-order valence-electron chi connectivity index (χ1n) is 3.98. The predicted molar refractivity (Wildman–Crippen MR) is 46.8 cm³/mol. The standard InChI is InChI=1S/C8H15N3O/c1-6-7(4-10-11(6)3)8(12)5-9-2/h4,8-9,12H,5H2,1-3H3. The molecule has 0 aliphatic heterocycles. The molecule has 0 amide bonds. The number of aliphatic hydroxyl groups is 1. The fourth-order valence-electron chi connectivity index (χ4n) is 1.15. The van der Waals surface area contributed by atoms with Gasteiger partial charge in [0.05, 0.1) is 12.3 Å². The van der Waals surface area contributed by atoms with Crippen LogP contribution in [0.25, 0.3) is 0 Å². The van der Waals surface area contributed by atoms with Gasteiger partial charge in [0.1, 0.15) is 0 Å². The molecular weight excluding hydrogens is 154 g/mol. The maximum Gasteiger partial charge on any atom is 0.0947 e. The van der Waals surface area contributed by atoms with Crippen molar-refractivity contribution in [2.45, 2.75) is 13.0 Å². The van der Waals surface area contributed by atoms with Gasteiger partial charge >= 0.3 is 0 Å². The van der Waals surface area contributed by atoms with Gasteiger partial charge in [-0.15, -0.1) is 0 Å². The number of hydrogen-bond donors (Lipinski definition) is 2. The smallest absolute Gasteiger partial charge is 0.0947 e. The van der Waals surface area contributed by atoms with Crippen LogP contribution in [0.1, 0.15) is 17.4 Å². The van der Waals surface area contributed by atoms with E-state index >= 15 is 0 Å². The SMILES string of the molecule is CNCC(O)c1cnn(C)c1C. The van der Waals surface area contributed by atoms with Crippen molar-refractivity contribution in [1.82, 2.24) is 15.1 Å². The first-order valence-corrected chi connectivity index (χ1v) is 3.98. The first-order chi connectivity index (χ1) is 5.66. The van der Waals surface area contributed by atoms with Crippen molar-refractivity contribution >= 4 is 0 Å². The van der Waals surface area contributed by atoms with Gasteiger partial charge in [-0.05, 0) is 14.0 Å². The van der Waals surface area contributed by atoms with E-state index in [9.17, 15) is 5.11 Å². The molecule has 0 radical (unpaired) electrons. The number of hydrogen-bond acceptors (Lipinski definition) is 3. The van der Waals surface area contributed by atoms with Crippen LogP contribution in [0.5, 0.6) is 0 Å². The summed E-state index contributed by atoms with van der Waals surface area (Å²) in [5, 5.41) is 16.6. The van der Waals surface area contributed by atoms with Crippen LogP contribution in [-0.4, -0.2) is 28.5 Å². The van der Waals surface area contributed by atoms with Crippen LogP contribution in [0.2, 0.25) is 0 Å². The van der Waals surface area contributed by atoms with Crippen molar-refractivity contribution in [2.24, 2.45) is 7.05 Å². The molecule has 0 saturated carbocycles. The van der Waals surface area contributed by atoms with Crippen LogP contribution < -0.4 is 5.32 Å². The minimum Gasteiger partial charge on any atom is -0.387 e. The summed E-state index contributed by atoms with van der Waals surface area (Å²) >= 11 is 0.